The molecule has 2 N–H and O–H groups in total. The summed E-state index contributed by atoms with van der Waals surface area (Å²) in [6.07, 6.45) is 3.48. The Balaban J connectivity index is 1.39. The number of likely N-dealkylation sites (tertiary alicyclic amines) is 1. The SMILES string of the molecule is COc1ccc(CNC(=O)[C@H](CCSC)NC(=O)N2C[C@H]3C[C@@H](C2)c2cccc(=O)n2C3)cc1OC. The quantitative estimate of drug-likeness (QED) is 0.533. The summed E-state index contributed by atoms with van der Waals surface area (Å²) in [6.45, 7) is 2.04. The lowest BCUT2D eigenvalue weighted by atomic mass is 9.83. The van der Waals surface area contributed by atoms with Crippen molar-refractivity contribution in [3.63, 3.8) is 0 Å². The number of hydrogen-bond donors (Lipinski definition) is 2. The zero-order chi connectivity index (χ0) is 25.7. The van der Waals surface area contributed by atoms with E-state index in [9.17, 15) is 14.4 Å². The normalized spacial score (nSPS) is 19.1. The lowest BCUT2D eigenvalue weighted by Crippen LogP contribution is -2.56. The Kier molecular flexibility index (Phi) is 8.45. The van der Waals surface area contributed by atoms with Crippen LogP contribution in [0.4, 0.5) is 4.79 Å². The van der Waals surface area contributed by atoms with Gasteiger partial charge in [-0.3, -0.25) is 9.59 Å². The van der Waals surface area contributed by atoms with Crippen LogP contribution in [0.25, 0.3) is 0 Å². The van der Waals surface area contributed by atoms with Crippen LogP contribution in [-0.2, 0) is 17.9 Å². The van der Waals surface area contributed by atoms with Gasteiger partial charge < -0.3 is 29.6 Å². The maximum absolute atomic E-state index is 13.2. The molecular weight excluding hydrogens is 480 g/mol. The first-order chi connectivity index (χ1) is 17.4. The Morgan fingerprint density at radius 2 is 1.92 bits per heavy atom. The first kappa shape index (κ1) is 25.9. The van der Waals surface area contributed by atoms with Gasteiger partial charge in [0.1, 0.15) is 6.04 Å². The number of carbonyl (C=O) groups is 2. The minimum Gasteiger partial charge on any atom is -0.493 e. The molecule has 2 aromatic rings. The number of nitrogens with zero attached hydrogens (tertiary/aromatic N) is 2. The molecule has 3 heterocycles. The van der Waals surface area contributed by atoms with Crippen LogP contribution in [0.1, 0.15) is 30.0 Å². The number of thioether (sulfide) groups is 1. The number of ether oxygens (including phenoxy) is 2. The zero-order valence-corrected chi connectivity index (χ0v) is 21.8. The lowest BCUT2D eigenvalue weighted by Gasteiger charge is -2.43. The summed E-state index contributed by atoms with van der Waals surface area (Å²) >= 11 is 1.63. The number of amides is 3. The topological polar surface area (TPSA) is 102 Å². The van der Waals surface area contributed by atoms with E-state index in [1.165, 1.54) is 0 Å². The van der Waals surface area contributed by atoms with Crippen LogP contribution >= 0.6 is 11.8 Å². The molecule has 9 nitrogen and oxygen atoms in total. The molecule has 0 radical (unpaired) electrons. The third-order valence-electron chi connectivity index (χ3n) is 6.91. The molecule has 194 valence electrons. The van der Waals surface area contributed by atoms with Crippen molar-refractivity contribution in [3.05, 3.63) is 58.0 Å². The lowest BCUT2D eigenvalue weighted by molar-refractivity contribution is -0.123. The fraction of sp³-hybridized carbons (Fsp3) is 0.500. The van der Waals surface area contributed by atoms with Gasteiger partial charge in [0, 0.05) is 43.9 Å². The summed E-state index contributed by atoms with van der Waals surface area (Å²) in [5, 5.41) is 5.92. The van der Waals surface area contributed by atoms with Crippen LogP contribution in [0.5, 0.6) is 11.5 Å². The number of piperidine rings is 1. The van der Waals surface area contributed by atoms with Gasteiger partial charge in [0.25, 0.3) is 5.56 Å². The molecule has 4 rings (SSSR count). The predicted octanol–water partition coefficient (Wildman–Crippen LogP) is 2.43. The van der Waals surface area contributed by atoms with Crippen molar-refractivity contribution >= 4 is 23.7 Å². The molecule has 3 amide bonds. The van der Waals surface area contributed by atoms with Gasteiger partial charge in [0.05, 0.1) is 14.2 Å². The minimum absolute atomic E-state index is 0.0170. The largest absolute Gasteiger partial charge is 0.493 e. The average molecular weight is 515 g/mol. The first-order valence-corrected chi connectivity index (χ1v) is 13.6. The van der Waals surface area contributed by atoms with Crippen molar-refractivity contribution < 1.29 is 19.1 Å². The minimum atomic E-state index is -0.637. The van der Waals surface area contributed by atoms with Crippen molar-refractivity contribution in [1.29, 1.82) is 0 Å². The maximum atomic E-state index is 13.2. The molecule has 2 aliphatic heterocycles. The number of aromatic nitrogens is 1. The van der Waals surface area contributed by atoms with Gasteiger partial charge in [0.15, 0.2) is 11.5 Å². The van der Waals surface area contributed by atoms with Crippen molar-refractivity contribution in [2.45, 2.75) is 37.9 Å². The Morgan fingerprint density at radius 1 is 1.11 bits per heavy atom. The maximum Gasteiger partial charge on any atom is 0.318 e. The Hall–Kier alpha value is -3.14. The molecular formula is C26H34N4O5S. The number of benzene rings is 1. The van der Waals surface area contributed by atoms with Crippen LogP contribution < -0.4 is 25.7 Å². The monoisotopic (exact) mass is 514 g/mol. The molecule has 0 aliphatic carbocycles. The highest BCUT2D eigenvalue weighted by atomic mass is 32.2. The number of carbonyl (C=O) groups excluding carboxylic acids is 2. The van der Waals surface area contributed by atoms with Crippen LogP contribution in [0, 0.1) is 5.92 Å². The van der Waals surface area contributed by atoms with E-state index in [4.69, 9.17) is 9.47 Å². The second-order valence-corrected chi connectivity index (χ2v) is 10.3. The van der Waals surface area contributed by atoms with Crippen molar-refractivity contribution in [2.24, 2.45) is 5.92 Å². The number of urea groups is 1. The molecule has 1 saturated heterocycles. The van der Waals surface area contributed by atoms with Crippen molar-refractivity contribution in [2.75, 3.05) is 39.3 Å². The van der Waals surface area contributed by atoms with E-state index in [0.29, 0.717) is 44.1 Å². The van der Waals surface area contributed by atoms with Crippen LogP contribution in [0.15, 0.2) is 41.2 Å². The highest BCUT2D eigenvalue weighted by Crippen LogP contribution is 2.35. The van der Waals surface area contributed by atoms with E-state index in [-0.39, 0.29) is 29.3 Å². The smallest absolute Gasteiger partial charge is 0.318 e. The van der Waals surface area contributed by atoms with Gasteiger partial charge in [-0.15, -0.1) is 0 Å². The molecule has 10 heteroatoms. The summed E-state index contributed by atoms with van der Waals surface area (Å²) in [5.74, 6) is 2.09. The standard InChI is InChI=1S/C26H34N4O5S/c1-34-22-8-7-17(12-23(22)35-2)13-27-25(32)20(9-10-36-3)28-26(33)29-14-18-11-19(16-29)21-5-4-6-24(31)30(21)15-18/h4-8,12,18-20H,9-11,13-16H2,1-3H3,(H,27,32)(H,28,33)/t18-,19+,20+/m1/s1. The number of rotatable bonds is 9. The van der Waals surface area contributed by atoms with E-state index >= 15 is 0 Å². The molecule has 1 fully saturated rings. The molecule has 36 heavy (non-hydrogen) atoms. The second-order valence-electron chi connectivity index (χ2n) is 9.29. The zero-order valence-electron chi connectivity index (χ0n) is 21.0. The van der Waals surface area contributed by atoms with Crippen molar-refractivity contribution in [3.8, 4) is 11.5 Å². The van der Waals surface area contributed by atoms with E-state index in [0.717, 1.165) is 23.4 Å². The summed E-state index contributed by atoms with van der Waals surface area (Å²) in [4.78, 5) is 40.4. The van der Waals surface area contributed by atoms with Gasteiger partial charge in [-0.2, -0.15) is 11.8 Å². The first-order valence-electron chi connectivity index (χ1n) is 12.2. The Morgan fingerprint density at radius 3 is 2.67 bits per heavy atom. The van der Waals surface area contributed by atoms with Gasteiger partial charge in [-0.1, -0.05) is 12.1 Å². The van der Waals surface area contributed by atoms with Gasteiger partial charge in [0.2, 0.25) is 5.91 Å². The molecule has 3 atom stereocenters. The fourth-order valence-corrected chi connectivity index (χ4v) is 5.58. The average Bonchev–Trinajstić information content (AvgIpc) is 2.89. The third kappa shape index (κ3) is 5.80. The van der Waals surface area contributed by atoms with E-state index in [1.54, 1.807) is 49.1 Å². The third-order valence-corrected chi connectivity index (χ3v) is 7.55. The molecule has 0 spiro atoms. The van der Waals surface area contributed by atoms with Crippen LogP contribution in [-0.4, -0.2) is 66.8 Å². The molecule has 0 saturated carbocycles. The van der Waals surface area contributed by atoms with E-state index in [2.05, 4.69) is 10.6 Å². The van der Waals surface area contributed by atoms with Gasteiger partial charge in [-0.05, 0) is 54.5 Å². The van der Waals surface area contributed by atoms with Crippen LogP contribution in [0.3, 0.4) is 0 Å². The summed E-state index contributed by atoms with van der Waals surface area (Å²) in [6, 6.07) is 9.97. The molecule has 0 unspecified atom stereocenters. The molecule has 2 bridgehead atoms. The predicted molar refractivity (Wildman–Crippen MR) is 140 cm³/mol. The van der Waals surface area contributed by atoms with Crippen molar-refractivity contribution in [1.82, 2.24) is 20.1 Å². The van der Waals surface area contributed by atoms with Gasteiger partial charge >= 0.3 is 6.03 Å². The summed E-state index contributed by atoms with van der Waals surface area (Å²) in [7, 11) is 3.15. The number of pyridine rings is 1. The van der Waals surface area contributed by atoms with E-state index in [1.807, 2.05) is 29.0 Å². The second kappa shape index (κ2) is 11.7. The summed E-state index contributed by atoms with van der Waals surface area (Å²) in [5.41, 5.74) is 1.87. The number of nitrogens with one attached hydrogen (secondary N) is 2. The van der Waals surface area contributed by atoms with Gasteiger partial charge in [-0.25, -0.2) is 4.79 Å². The highest BCUT2D eigenvalue weighted by Gasteiger charge is 2.37. The van der Waals surface area contributed by atoms with Crippen LogP contribution in [0.2, 0.25) is 0 Å². The molecule has 2 aliphatic rings. The molecule has 1 aromatic carbocycles. The Labute approximate surface area is 215 Å². The number of hydrogen-bond acceptors (Lipinski definition) is 6. The highest BCUT2D eigenvalue weighted by molar-refractivity contribution is 7.98. The summed E-state index contributed by atoms with van der Waals surface area (Å²) < 4.78 is 12.5. The Bertz CT molecular complexity index is 1150. The molecule has 1 aromatic heterocycles. The number of fused-ring (bicyclic) bond motifs is 4. The fourth-order valence-electron chi connectivity index (χ4n) is 5.11. The van der Waals surface area contributed by atoms with E-state index < -0.39 is 6.04 Å². The number of methoxy groups -OCH3 is 2.